The Morgan fingerprint density at radius 2 is 1.67 bits per heavy atom. The van der Waals surface area contributed by atoms with Crippen molar-refractivity contribution in [2.45, 2.75) is 13.0 Å². The highest BCUT2D eigenvalue weighted by Gasteiger charge is 2.25. The lowest BCUT2D eigenvalue weighted by Crippen LogP contribution is -2.10. The van der Waals surface area contributed by atoms with E-state index < -0.39 is 12.1 Å². The maximum absolute atomic E-state index is 13.2. The second-order valence-electron chi connectivity index (χ2n) is 7.27. The second kappa shape index (κ2) is 8.88. The van der Waals surface area contributed by atoms with E-state index in [9.17, 15) is 4.79 Å². The highest BCUT2D eigenvalue weighted by Crippen LogP contribution is 2.27. The summed E-state index contributed by atoms with van der Waals surface area (Å²) in [5.74, 6) is 0.0185. The van der Waals surface area contributed by atoms with Crippen molar-refractivity contribution >= 4 is 5.97 Å². The van der Waals surface area contributed by atoms with Crippen LogP contribution in [0.5, 0.6) is 0 Å². The van der Waals surface area contributed by atoms with Gasteiger partial charge in [0.25, 0.3) is 5.89 Å². The standard InChI is InChI=1S/C25H19N5O3/c1-17(23-27-28-24(33-23)18-9-4-2-5-10-18)32-25(31)21-16-30(20-12-6-3-7-13-20)29-22(21)19-11-8-14-26-15-19/h2-17H,1H3. The number of benzene rings is 2. The van der Waals surface area contributed by atoms with Gasteiger partial charge in [-0.15, -0.1) is 10.2 Å². The first kappa shape index (κ1) is 20.3. The van der Waals surface area contributed by atoms with Crippen LogP contribution in [0, 0.1) is 0 Å². The van der Waals surface area contributed by atoms with Crippen LogP contribution in [0.3, 0.4) is 0 Å². The molecule has 0 aliphatic heterocycles. The third-order valence-corrected chi connectivity index (χ3v) is 4.98. The van der Waals surface area contributed by atoms with E-state index in [1.54, 1.807) is 36.3 Å². The number of hydrogen-bond acceptors (Lipinski definition) is 7. The van der Waals surface area contributed by atoms with Crippen LogP contribution in [0.25, 0.3) is 28.4 Å². The summed E-state index contributed by atoms with van der Waals surface area (Å²) in [5, 5.41) is 12.7. The number of carbonyl (C=O) groups excluding carboxylic acids is 1. The molecule has 5 aromatic rings. The number of rotatable bonds is 6. The summed E-state index contributed by atoms with van der Waals surface area (Å²) in [4.78, 5) is 17.3. The summed E-state index contributed by atoms with van der Waals surface area (Å²) in [6, 6.07) is 22.6. The fourth-order valence-electron chi connectivity index (χ4n) is 3.32. The Kier molecular flexibility index (Phi) is 5.47. The van der Waals surface area contributed by atoms with Crippen LogP contribution in [-0.2, 0) is 4.74 Å². The molecule has 8 nitrogen and oxygen atoms in total. The lowest BCUT2D eigenvalue weighted by atomic mass is 10.1. The van der Waals surface area contributed by atoms with Crippen molar-refractivity contribution < 1.29 is 13.9 Å². The first-order chi connectivity index (χ1) is 16.2. The molecule has 3 aromatic heterocycles. The van der Waals surface area contributed by atoms with Crippen LogP contribution in [0.15, 0.2) is 95.8 Å². The van der Waals surface area contributed by atoms with Gasteiger partial charge in [-0.2, -0.15) is 5.10 Å². The summed E-state index contributed by atoms with van der Waals surface area (Å²) >= 11 is 0. The van der Waals surface area contributed by atoms with E-state index in [-0.39, 0.29) is 5.89 Å². The zero-order chi connectivity index (χ0) is 22.6. The maximum atomic E-state index is 13.2. The molecular formula is C25H19N5O3. The molecule has 0 radical (unpaired) electrons. The number of ether oxygens (including phenoxy) is 1. The van der Waals surface area contributed by atoms with Crippen molar-refractivity contribution in [3.63, 3.8) is 0 Å². The highest BCUT2D eigenvalue weighted by molar-refractivity contribution is 5.96. The summed E-state index contributed by atoms with van der Waals surface area (Å²) in [7, 11) is 0. The average molecular weight is 437 g/mol. The molecule has 0 N–H and O–H groups in total. The second-order valence-corrected chi connectivity index (χ2v) is 7.27. The smallest absolute Gasteiger partial charge is 0.342 e. The number of nitrogens with zero attached hydrogens (tertiary/aromatic N) is 5. The van der Waals surface area contributed by atoms with E-state index in [1.165, 1.54) is 0 Å². The number of aromatic nitrogens is 5. The highest BCUT2D eigenvalue weighted by atomic mass is 16.6. The fourth-order valence-corrected chi connectivity index (χ4v) is 3.32. The van der Waals surface area contributed by atoms with Gasteiger partial charge in [0.15, 0.2) is 6.10 Å². The summed E-state index contributed by atoms with van der Waals surface area (Å²) in [5.41, 5.74) is 3.09. The molecule has 1 atom stereocenters. The van der Waals surface area contributed by atoms with Crippen LogP contribution >= 0.6 is 0 Å². The predicted molar refractivity (Wildman–Crippen MR) is 120 cm³/mol. The molecular weight excluding hydrogens is 418 g/mol. The van der Waals surface area contributed by atoms with Crippen LogP contribution in [0.4, 0.5) is 0 Å². The zero-order valence-corrected chi connectivity index (χ0v) is 17.7. The van der Waals surface area contributed by atoms with Gasteiger partial charge in [0.2, 0.25) is 5.89 Å². The Morgan fingerprint density at radius 3 is 2.39 bits per heavy atom. The van der Waals surface area contributed by atoms with Crippen molar-refractivity contribution in [1.29, 1.82) is 0 Å². The molecule has 0 bridgehead atoms. The molecule has 0 saturated heterocycles. The van der Waals surface area contributed by atoms with E-state index in [0.29, 0.717) is 22.7 Å². The maximum Gasteiger partial charge on any atom is 0.342 e. The molecule has 3 heterocycles. The Balaban J connectivity index is 1.43. The van der Waals surface area contributed by atoms with Crippen LogP contribution in [0.2, 0.25) is 0 Å². The Hall–Kier alpha value is -4.59. The number of hydrogen-bond donors (Lipinski definition) is 0. The molecule has 2 aromatic carbocycles. The third-order valence-electron chi connectivity index (χ3n) is 4.98. The van der Waals surface area contributed by atoms with Gasteiger partial charge in [0.05, 0.1) is 5.69 Å². The monoisotopic (exact) mass is 437 g/mol. The van der Waals surface area contributed by atoms with Crippen LogP contribution < -0.4 is 0 Å². The van der Waals surface area contributed by atoms with E-state index in [1.807, 2.05) is 66.7 Å². The van der Waals surface area contributed by atoms with Gasteiger partial charge in [0, 0.05) is 29.7 Å². The summed E-state index contributed by atoms with van der Waals surface area (Å²) in [6.07, 6.45) is 4.22. The molecule has 0 amide bonds. The van der Waals surface area contributed by atoms with Crippen molar-refractivity contribution in [2.24, 2.45) is 0 Å². The lowest BCUT2D eigenvalue weighted by Gasteiger charge is -2.09. The lowest BCUT2D eigenvalue weighted by molar-refractivity contribution is 0.0281. The van der Waals surface area contributed by atoms with Crippen molar-refractivity contribution in [3.8, 4) is 28.4 Å². The van der Waals surface area contributed by atoms with Gasteiger partial charge in [0.1, 0.15) is 11.3 Å². The summed E-state index contributed by atoms with van der Waals surface area (Å²) < 4.78 is 13.0. The van der Waals surface area contributed by atoms with Gasteiger partial charge in [-0.3, -0.25) is 4.98 Å². The van der Waals surface area contributed by atoms with Gasteiger partial charge in [-0.25, -0.2) is 9.48 Å². The first-order valence-electron chi connectivity index (χ1n) is 10.3. The molecule has 0 fully saturated rings. The molecule has 33 heavy (non-hydrogen) atoms. The van der Waals surface area contributed by atoms with Crippen molar-refractivity contribution in [2.75, 3.05) is 0 Å². The number of esters is 1. The van der Waals surface area contributed by atoms with E-state index in [4.69, 9.17) is 9.15 Å². The molecule has 0 spiro atoms. The third kappa shape index (κ3) is 4.27. The molecule has 8 heteroatoms. The minimum Gasteiger partial charge on any atom is -0.449 e. The van der Waals surface area contributed by atoms with Gasteiger partial charge < -0.3 is 9.15 Å². The van der Waals surface area contributed by atoms with Crippen molar-refractivity contribution in [1.82, 2.24) is 25.0 Å². The molecule has 5 rings (SSSR count). The number of carbonyl (C=O) groups is 1. The Morgan fingerprint density at radius 1 is 0.939 bits per heavy atom. The van der Waals surface area contributed by atoms with Crippen molar-refractivity contribution in [3.05, 3.63) is 103 Å². The first-order valence-corrected chi connectivity index (χ1v) is 10.3. The van der Waals surface area contributed by atoms with Crippen LogP contribution in [-0.4, -0.2) is 30.9 Å². The Labute approximate surface area is 189 Å². The zero-order valence-electron chi connectivity index (χ0n) is 17.7. The summed E-state index contributed by atoms with van der Waals surface area (Å²) in [6.45, 7) is 1.69. The molecule has 0 aliphatic rings. The minimum absolute atomic E-state index is 0.209. The molecule has 162 valence electrons. The van der Waals surface area contributed by atoms with E-state index in [0.717, 1.165) is 11.3 Å². The molecule has 0 saturated carbocycles. The SMILES string of the molecule is CC(OC(=O)c1cn(-c2ccccc2)nc1-c1cccnc1)c1nnc(-c2ccccc2)o1. The fraction of sp³-hybridized carbons (Fsp3) is 0.0800. The largest absolute Gasteiger partial charge is 0.449 e. The Bertz CT molecular complexity index is 1370. The van der Waals surface area contributed by atoms with E-state index in [2.05, 4.69) is 20.3 Å². The number of para-hydroxylation sites is 1. The van der Waals surface area contributed by atoms with Gasteiger partial charge in [-0.1, -0.05) is 36.4 Å². The quantitative estimate of drug-likeness (QED) is 0.349. The van der Waals surface area contributed by atoms with Gasteiger partial charge >= 0.3 is 5.97 Å². The molecule has 1 unspecified atom stereocenters. The van der Waals surface area contributed by atoms with E-state index >= 15 is 0 Å². The van der Waals surface area contributed by atoms with Crippen LogP contribution in [0.1, 0.15) is 29.3 Å². The number of pyridine rings is 1. The topological polar surface area (TPSA) is 95.9 Å². The predicted octanol–water partition coefficient (Wildman–Crippen LogP) is 4.90. The normalized spacial score (nSPS) is 11.8. The average Bonchev–Trinajstić information content (AvgIpc) is 3.54. The molecule has 0 aliphatic carbocycles. The van der Waals surface area contributed by atoms with Gasteiger partial charge in [-0.05, 0) is 43.3 Å². The minimum atomic E-state index is -0.746.